The van der Waals surface area contributed by atoms with Crippen molar-refractivity contribution >= 4 is 11.7 Å². The van der Waals surface area contributed by atoms with Crippen LogP contribution in [0.1, 0.15) is 0 Å². The van der Waals surface area contributed by atoms with Gasteiger partial charge in [0.25, 0.3) is 0 Å². The lowest BCUT2D eigenvalue weighted by molar-refractivity contribution is -0.660. The molecule has 0 atom stereocenters. The predicted octanol–water partition coefficient (Wildman–Crippen LogP) is -1.97. The minimum absolute atomic E-state index is 0. The third kappa shape index (κ3) is 2.22. The number of halogens is 1. The fraction of sp³-hybridized carbons (Fsp3) is 0.125. The van der Waals surface area contributed by atoms with Crippen molar-refractivity contribution in [3.63, 3.8) is 0 Å². The molecule has 0 aromatic carbocycles. The SMILES string of the molecule is C[n+]1ccccc1-c1cnsn1.[I-]. The molecule has 0 N–H and O–H groups in total. The van der Waals surface area contributed by atoms with Crippen molar-refractivity contribution in [2.45, 2.75) is 0 Å². The van der Waals surface area contributed by atoms with E-state index in [1.807, 2.05) is 36.0 Å². The summed E-state index contributed by atoms with van der Waals surface area (Å²) in [5, 5.41) is 0. The summed E-state index contributed by atoms with van der Waals surface area (Å²) in [5.74, 6) is 0. The molecular weight excluding hydrogens is 297 g/mol. The molecule has 5 heteroatoms. The fourth-order valence-electron chi connectivity index (χ4n) is 1.07. The third-order valence-corrected chi connectivity index (χ3v) is 2.16. The Bertz CT molecular complexity index is 375. The molecule has 3 nitrogen and oxygen atoms in total. The minimum atomic E-state index is 0. The molecule has 0 unspecified atom stereocenters. The summed E-state index contributed by atoms with van der Waals surface area (Å²) in [6.07, 6.45) is 3.77. The zero-order chi connectivity index (χ0) is 8.39. The number of aromatic nitrogens is 3. The Morgan fingerprint density at radius 3 is 2.85 bits per heavy atom. The minimum Gasteiger partial charge on any atom is -1.00 e. The summed E-state index contributed by atoms with van der Waals surface area (Å²) in [7, 11) is 1.99. The van der Waals surface area contributed by atoms with E-state index in [-0.39, 0.29) is 24.0 Å². The molecule has 0 saturated carbocycles. The van der Waals surface area contributed by atoms with Gasteiger partial charge in [-0.2, -0.15) is 13.3 Å². The Hall–Kier alpha value is -0.560. The lowest BCUT2D eigenvalue weighted by atomic mass is 10.3. The van der Waals surface area contributed by atoms with Crippen molar-refractivity contribution in [2.75, 3.05) is 0 Å². The fourth-order valence-corrected chi connectivity index (χ4v) is 1.49. The third-order valence-electron chi connectivity index (χ3n) is 1.68. The highest BCUT2D eigenvalue weighted by atomic mass is 127. The highest BCUT2D eigenvalue weighted by molar-refractivity contribution is 6.99. The molecule has 0 aliphatic heterocycles. The van der Waals surface area contributed by atoms with E-state index in [2.05, 4.69) is 8.75 Å². The Balaban J connectivity index is 0.000000845. The molecule has 0 amide bonds. The topological polar surface area (TPSA) is 29.7 Å². The summed E-state index contributed by atoms with van der Waals surface area (Å²) in [6.45, 7) is 0. The van der Waals surface area contributed by atoms with Crippen molar-refractivity contribution < 1.29 is 28.5 Å². The average Bonchev–Trinajstić information content (AvgIpc) is 2.57. The normalized spacial score (nSPS) is 9.31. The molecule has 2 heterocycles. The maximum Gasteiger partial charge on any atom is 0.233 e. The number of nitrogens with zero attached hydrogens (tertiary/aromatic N) is 3. The van der Waals surface area contributed by atoms with Crippen LogP contribution in [0, 0.1) is 0 Å². The van der Waals surface area contributed by atoms with Crippen molar-refractivity contribution in [2.24, 2.45) is 7.05 Å². The van der Waals surface area contributed by atoms with Crippen LogP contribution in [0.3, 0.4) is 0 Å². The summed E-state index contributed by atoms with van der Waals surface area (Å²) < 4.78 is 10.1. The molecule has 2 aromatic heterocycles. The summed E-state index contributed by atoms with van der Waals surface area (Å²) >= 11 is 1.23. The first-order valence-electron chi connectivity index (χ1n) is 3.60. The van der Waals surface area contributed by atoms with Gasteiger partial charge in [-0.3, -0.25) is 0 Å². The average molecular weight is 305 g/mol. The second-order valence-electron chi connectivity index (χ2n) is 2.49. The van der Waals surface area contributed by atoms with Crippen molar-refractivity contribution in [3.8, 4) is 11.4 Å². The van der Waals surface area contributed by atoms with E-state index in [9.17, 15) is 0 Å². The first kappa shape index (κ1) is 10.5. The van der Waals surface area contributed by atoms with Gasteiger partial charge in [0, 0.05) is 12.1 Å². The molecular formula is C8H8IN3S. The maximum absolute atomic E-state index is 4.16. The Labute approximate surface area is 97.8 Å². The van der Waals surface area contributed by atoms with Gasteiger partial charge in [-0.1, -0.05) is 0 Å². The number of pyridine rings is 1. The molecule has 68 valence electrons. The smallest absolute Gasteiger partial charge is 0.233 e. The van der Waals surface area contributed by atoms with Crippen LogP contribution in [0.15, 0.2) is 30.6 Å². The van der Waals surface area contributed by atoms with Gasteiger partial charge in [-0.25, -0.2) is 0 Å². The maximum atomic E-state index is 4.16. The van der Waals surface area contributed by atoms with E-state index in [4.69, 9.17) is 0 Å². The van der Waals surface area contributed by atoms with Crippen molar-refractivity contribution in [3.05, 3.63) is 30.6 Å². The zero-order valence-electron chi connectivity index (χ0n) is 7.01. The monoisotopic (exact) mass is 305 g/mol. The van der Waals surface area contributed by atoms with E-state index in [0.717, 1.165) is 11.4 Å². The van der Waals surface area contributed by atoms with Crippen LogP contribution in [0.5, 0.6) is 0 Å². The van der Waals surface area contributed by atoms with Gasteiger partial charge < -0.3 is 24.0 Å². The van der Waals surface area contributed by atoms with Gasteiger partial charge >= 0.3 is 0 Å². The molecule has 0 saturated heterocycles. The summed E-state index contributed by atoms with van der Waals surface area (Å²) in [6, 6.07) is 6.01. The number of hydrogen-bond acceptors (Lipinski definition) is 3. The van der Waals surface area contributed by atoms with Gasteiger partial charge in [-0.15, -0.1) is 0 Å². The number of rotatable bonds is 1. The Morgan fingerprint density at radius 1 is 1.38 bits per heavy atom. The number of hydrogen-bond donors (Lipinski definition) is 0. The molecule has 2 aromatic rings. The predicted molar refractivity (Wildman–Crippen MR) is 46.5 cm³/mol. The highest BCUT2D eigenvalue weighted by Crippen LogP contribution is 2.10. The van der Waals surface area contributed by atoms with Crippen molar-refractivity contribution in [1.82, 2.24) is 8.75 Å². The van der Waals surface area contributed by atoms with E-state index >= 15 is 0 Å². The standard InChI is InChI=1S/C8H8N3S.HI/c1-11-5-3-2-4-8(11)7-6-9-12-10-7;/h2-6H,1H3;1H/q+1;/p-1. The van der Waals surface area contributed by atoms with E-state index in [1.54, 1.807) is 6.20 Å². The van der Waals surface area contributed by atoms with Gasteiger partial charge in [0.1, 0.15) is 7.05 Å². The first-order chi connectivity index (χ1) is 5.88. The first-order valence-corrected chi connectivity index (χ1v) is 4.33. The van der Waals surface area contributed by atoms with Gasteiger partial charge in [0.2, 0.25) is 5.69 Å². The molecule has 2 rings (SSSR count). The van der Waals surface area contributed by atoms with Gasteiger partial charge in [0.15, 0.2) is 11.9 Å². The van der Waals surface area contributed by atoms with E-state index in [1.165, 1.54) is 11.7 Å². The lowest BCUT2D eigenvalue weighted by Gasteiger charge is -1.92. The molecule has 13 heavy (non-hydrogen) atoms. The molecule has 0 aliphatic carbocycles. The van der Waals surface area contributed by atoms with Crippen LogP contribution in [0.25, 0.3) is 11.4 Å². The van der Waals surface area contributed by atoms with E-state index < -0.39 is 0 Å². The van der Waals surface area contributed by atoms with Crippen molar-refractivity contribution in [1.29, 1.82) is 0 Å². The molecule has 0 fully saturated rings. The van der Waals surface area contributed by atoms with Crippen LogP contribution in [-0.2, 0) is 7.05 Å². The van der Waals surface area contributed by atoms with Crippen LogP contribution in [0.2, 0.25) is 0 Å². The van der Waals surface area contributed by atoms with Gasteiger partial charge in [0.05, 0.1) is 17.9 Å². The zero-order valence-corrected chi connectivity index (χ0v) is 9.99. The van der Waals surface area contributed by atoms with Gasteiger partial charge in [-0.05, 0) is 6.07 Å². The summed E-state index contributed by atoms with van der Waals surface area (Å²) in [4.78, 5) is 0. The highest BCUT2D eigenvalue weighted by Gasteiger charge is 2.09. The second kappa shape index (κ2) is 4.61. The van der Waals surface area contributed by atoms with E-state index in [0.29, 0.717) is 0 Å². The molecule has 0 bridgehead atoms. The quantitative estimate of drug-likeness (QED) is 0.452. The Kier molecular flexibility index (Phi) is 3.73. The molecule has 0 spiro atoms. The van der Waals surface area contributed by atoms with Crippen LogP contribution in [0.4, 0.5) is 0 Å². The second-order valence-corrected chi connectivity index (χ2v) is 3.05. The van der Waals surface area contributed by atoms with Crippen LogP contribution >= 0.6 is 11.7 Å². The van der Waals surface area contributed by atoms with Crippen LogP contribution in [-0.4, -0.2) is 8.75 Å². The Morgan fingerprint density at radius 2 is 2.23 bits per heavy atom. The summed E-state index contributed by atoms with van der Waals surface area (Å²) in [5.41, 5.74) is 2.02. The van der Waals surface area contributed by atoms with Crippen LogP contribution < -0.4 is 28.5 Å². The molecule has 0 radical (unpaired) electrons. The largest absolute Gasteiger partial charge is 1.00 e. The number of aryl methyl sites for hydroxylation is 1. The lowest BCUT2D eigenvalue weighted by Crippen LogP contribution is -3.00. The molecule has 0 aliphatic rings.